The molecule has 9 heteroatoms. The Labute approximate surface area is 194 Å². The molecule has 0 aliphatic carbocycles. The summed E-state index contributed by atoms with van der Waals surface area (Å²) in [7, 11) is 1.78. The highest BCUT2D eigenvalue weighted by molar-refractivity contribution is 6.08. The van der Waals surface area contributed by atoms with Gasteiger partial charge < -0.3 is 16.0 Å². The van der Waals surface area contributed by atoms with Crippen molar-refractivity contribution in [3.8, 4) is 11.8 Å². The van der Waals surface area contributed by atoms with Crippen molar-refractivity contribution in [3.05, 3.63) is 88.7 Å². The topological polar surface area (TPSA) is 83.1 Å². The predicted molar refractivity (Wildman–Crippen MR) is 124 cm³/mol. The van der Waals surface area contributed by atoms with Crippen molar-refractivity contribution in [1.29, 1.82) is 0 Å². The maximum atomic E-state index is 12.9. The first-order chi connectivity index (χ1) is 16.2. The molecule has 0 aliphatic rings. The molecule has 0 aliphatic heterocycles. The lowest BCUT2D eigenvalue weighted by Gasteiger charge is -2.12. The van der Waals surface area contributed by atoms with Gasteiger partial charge in [-0.25, -0.2) is 0 Å². The van der Waals surface area contributed by atoms with Crippen LogP contribution < -0.4 is 16.0 Å². The van der Waals surface area contributed by atoms with Gasteiger partial charge in [-0.3, -0.25) is 14.6 Å². The van der Waals surface area contributed by atoms with E-state index in [0.29, 0.717) is 23.4 Å². The van der Waals surface area contributed by atoms with Gasteiger partial charge >= 0.3 is 6.18 Å². The van der Waals surface area contributed by atoms with Crippen LogP contribution in [0.25, 0.3) is 0 Å². The molecule has 1 heterocycles. The molecule has 0 saturated carbocycles. The number of alkyl halides is 3. The van der Waals surface area contributed by atoms with Crippen LogP contribution in [-0.4, -0.2) is 30.4 Å². The Morgan fingerprint density at radius 2 is 1.74 bits per heavy atom. The number of hydrogen-bond donors (Lipinski definition) is 3. The maximum absolute atomic E-state index is 12.9. The second kappa shape index (κ2) is 10.6. The third kappa shape index (κ3) is 6.43. The average Bonchev–Trinajstić information content (AvgIpc) is 2.80. The van der Waals surface area contributed by atoms with E-state index in [-0.39, 0.29) is 16.8 Å². The smallest absolute Gasteiger partial charge is 0.322 e. The largest absolute Gasteiger partial charge is 0.416 e. The van der Waals surface area contributed by atoms with Crippen LogP contribution in [0.1, 0.15) is 37.4 Å². The number of carbonyl (C=O) groups is 2. The van der Waals surface area contributed by atoms with Gasteiger partial charge in [-0.05, 0) is 55.9 Å². The lowest BCUT2D eigenvalue weighted by atomic mass is 10.1. The zero-order valence-electron chi connectivity index (χ0n) is 18.4. The highest BCUT2D eigenvalue weighted by atomic mass is 19.4. The summed E-state index contributed by atoms with van der Waals surface area (Å²) in [6.45, 7) is 2.24. The Balaban J connectivity index is 1.76. The highest BCUT2D eigenvalue weighted by Crippen LogP contribution is 2.29. The second-order valence-corrected chi connectivity index (χ2v) is 7.31. The molecule has 0 fully saturated rings. The molecular formula is C25H21F3N4O2. The molecule has 0 radical (unpaired) electrons. The zero-order chi connectivity index (χ0) is 24.7. The van der Waals surface area contributed by atoms with Gasteiger partial charge in [0.05, 0.1) is 24.0 Å². The van der Waals surface area contributed by atoms with Gasteiger partial charge in [-0.15, -0.1) is 0 Å². The number of pyridine rings is 1. The number of nitrogens with one attached hydrogen (secondary N) is 3. The van der Waals surface area contributed by atoms with E-state index in [4.69, 9.17) is 0 Å². The number of anilines is 2. The van der Waals surface area contributed by atoms with Crippen LogP contribution in [0.15, 0.2) is 60.9 Å². The Bertz CT molecular complexity index is 1280. The quantitative estimate of drug-likeness (QED) is 0.484. The number of hydrogen-bond acceptors (Lipinski definition) is 4. The van der Waals surface area contributed by atoms with Gasteiger partial charge in [0.2, 0.25) is 0 Å². The third-order valence-electron chi connectivity index (χ3n) is 4.69. The lowest BCUT2D eigenvalue weighted by molar-refractivity contribution is -0.137. The second-order valence-electron chi connectivity index (χ2n) is 7.31. The van der Waals surface area contributed by atoms with Crippen molar-refractivity contribution < 1.29 is 22.8 Å². The van der Waals surface area contributed by atoms with Crippen LogP contribution in [0.2, 0.25) is 0 Å². The fraction of sp³-hybridized carbons (Fsp3) is 0.160. The Hall–Kier alpha value is -4.16. The van der Waals surface area contributed by atoms with Crippen molar-refractivity contribution in [2.24, 2.45) is 0 Å². The summed E-state index contributed by atoms with van der Waals surface area (Å²) in [5.41, 5.74) is 1.20. The molecule has 6 nitrogen and oxygen atoms in total. The van der Waals surface area contributed by atoms with Crippen molar-refractivity contribution in [2.75, 3.05) is 24.2 Å². The standard InChI is InChI=1S/C25H21F3N4O2/c1-16-8-9-20(31-23(33)18-6-3-7-19(12-18)25(26,27)28)13-22(16)24(34)32-21-11-17(14-30-15-21)5-4-10-29-2/h3,6-9,11-15,29H,10H2,1-2H3,(H,31,33)(H,32,34). The molecule has 0 saturated heterocycles. The molecule has 174 valence electrons. The van der Waals surface area contributed by atoms with Gasteiger partial charge in [0, 0.05) is 28.6 Å². The molecule has 3 rings (SSSR count). The molecule has 1 aromatic heterocycles. The first kappa shape index (κ1) is 24.5. The number of halogens is 3. The first-order valence-corrected chi connectivity index (χ1v) is 10.2. The van der Waals surface area contributed by atoms with E-state index >= 15 is 0 Å². The summed E-state index contributed by atoms with van der Waals surface area (Å²) >= 11 is 0. The number of carbonyl (C=O) groups excluding carboxylic acids is 2. The van der Waals surface area contributed by atoms with E-state index in [9.17, 15) is 22.8 Å². The molecule has 0 atom stereocenters. The SMILES string of the molecule is CNCC#Cc1cncc(NC(=O)c2cc(NC(=O)c3cccc(C(F)(F)F)c3)ccc2C)c1. The monoisotopic (exact) mass is 466 g/mol. The fourth-order valence-electron chi connectivity index (χ4n) is 2.99. The summed E-state index contributed by atoms with van der Waals surface area (Å²) in [4.78, 5) is 29.4. The number of aryl methyl sites for hydroxylation is 1. The van der Waals surface area contributed by atoms with E-state index in [1.807, 2.05) is 0 Å². The third-order valence-corrected chi connectivity index (χ3v) is 4.69. The fourth-order valence-corrected chi connectivity index (χ4v) is 2.99. The molecule has 2 amide bonds. The summed E-state index contributed by atoms with van der Waals surface area (Å²) in [5, 5.41) is 8.19. The Morgan fingerprint density at radius 1 is 0.971 bits per heavy atom. The minimum Gasteiger partial charge on any atom is -0.322 e. The van der Waals surface area contributed by atoms with E-state index in [0.717, 1.165) is 18.2 Å². The summed E-state index contributed by atoms with van der Waals surface area (Å²) in [6, 6.07) is 10.5. The number of benzene rings is 2. The number of rotatable bonds is 5. The molecule has 0 unspecified atom stereocenters. The molecule has 3 N–H and O–H groups in total. The summed E-state index contributed by atoms with van der Waals surface area (Å²) < 4.78 is 38.8. The lowest BCUT2D eigenvalue weighted by Crippen LogP contribution is -2.16. The number of aromatic nitrogens is 1. The van der Waals surface area contributed by atoms with Crippen molar-refractivity contribution in [3.63, 3.8) is 0 Å². The van der Waals surface area contributed by atoms with E-state index in [1.54, 1.807) is 38.4 Å². The Morgan fingerprint density at radius 3 is 2.47 bits per heavy atom. The zero-order valence-corrected chi connectivity index (χ0v) is 18.4. The van der Waals surface area contributed by atoms with Crippen LogP contribution in [0, 0.1) is 18.8 Å². The van der Waals surface area contributed by atoms with E-state index in [2.05, 4.69) is 32.8 Å². The van der Waals surface area contributed by atoms with Crippen molar-refractivity contribution in [1.82, 2.24) is 10.3 Å². The van der Waals surface area contributed by atoms with Crippen LogP contribution in [0.3, 0.4) is 0 Å². The molecule has 2 aromatic carbocycles. The highest BCUT2D eigenvalue weighted by Gasteiger charge is 2.30. The minimum atomic E-state index is -4.56. The number of nitrogens with zero attached hydrogens (tertiary/aromatic N) is 1. The predicted octanol–water partition coefficient (Wildman–Crippen LogP) is 4.48. The van der Waals surface area contributed by atoms with Gasteiger partial charge in [-0.1, -0.05) is 24.0 Å². The molecule has 0 bridgehead atoms. The van der Waals surface area contributed by atoms with Crippen LogP contribution in [-0.2, 0) is 6.18 Å². The average molecular weight is 466 g/mol. The van der Waals surface area contributed by atoms with E-state index < -0.39 is 23.6 Å². The molecule has 0 spiro atoms. The number of amides is 2. The van der Waals surface area contributed by atoms with Gasteiger partial charge in [0.1, 0.15) is 0 Å². The van der Waals surface area contributed by atoms with Crippen molar-refractivity contribution >= 4 is 23.2 Å². The van der Waals surface area contributed by atoms with Crippen LogP contribution in [0.5, 0.6) is 0 Å². The Kier molecular flexibility index (Phi) is 7.66. The van der Waals surface area contributed by atoms with Gasteiger partial charge in [0.25, 0.3) is 11.8 Å². The van der Waals surface area contributed by atoms with E-state index in [1.165, 1.54) is 18.3 Å². The normalized spacial score (nSPS) is 10.7. The van der Waals surface area contributed by atoms with Gasteiger partial charge in [-0.2, -0.15) is 13.2 Å². The maximum Gasteiger partial charge on any atom is 0.416 e. The molecular weight excluding hydrogens is 445 g/mol. The molecule has 3 aromatic rings. The van der Waals surface area contributed by atoms with Crippen LogP contribution in [0.4, 0.5) is 24.5 Å². The summed E-state index contributed by atoms with van der Waals surface area (Å²) in [6.07, 6.45) is -1.50. The minimum absolute atomic E-state index is 0.149. The van der Waals surface area contributed by atoms with Crippen LogP contribution >= 0.6 is 0 Å². The van der Waals surface area contributed by atoms with Crippen molar-refractivity contribution in [2.45, 2.75) is 13.1 Å². The molecule has 34 heavy (non-hydrogen) atoms. The van der Waals surface area contributed by atoms with Gasteiger partial charge in [0.15, 0.2) is 0 Å². The first-order valence-electron chi connectivity index (χ1n) is 10.2. The summed E-state index contributed by atoms with van der Waals surface area (Å²) in [5.74, 6) is 4.67.